The van der Waals surface area contributed by atoms with E-state index >= 15 is 0 Å². The zero-order chi connectivity index (χ0) is 13.0. The van der Waals surface area contributed by atoms with Crippen LogP contribution >= 0.6 is 0 Å². The van der Waals surface area contributed by atoms with Gasteiger partial charge in [0.1, 0.15) is 6.04 Å². The van der Waals surface area contributed by atoms with Gasteiger partial charge in [0, 0.05) is 12.6 Å². The number of hydrogen-bond acceptors (Lipinski definition) is 2. The van der Waals surface area contributed by atoms with E-state index in [1.165, 1.54) is 25.3 Å². The number of likely N-dealkylation sites (tertiary alicyclic amines) is 1. The van der Waals surface area contributed by atoms with Crippen molar-refractivity contribution in [2.24, 2.45) is 0 Å². The smallest absolute Gasteiger partial charge is 0.245 e. The van der Waals surface area contributed by atoms with Crippen LogP contribution in [0.3, 0.4) is 0 Å². The Kier molecular flexibility index (Phi) is 4.39. The van der Waals surface area contributed by atoms with Crippen LogP contribution in [0.15, 0.2) is 12.7 Å². The first kappa shape index (κ1) is 13.1. The average Bonchev–Trinajstić information content (AvgIpc) is 2.42. The van der Waals surface area contributed by atoms with Crippen LogP contribution in [-0.2, 0) is 9.59 Å². The number of carbonyl (C=O) groups is 2. The maximum Gasteiger partial charge on any atom is 0.245 e. The minimum atomic E-state index is -0.342. The molecule has 1 saturated carbocycles. The molecular formula is C14H22N2O2. The van der Waals surface area contributed by atoms with E-state index in [1.54, 1.807) is 0 Å². The van der Waals surface area contributed by atoms with Gasteiger partial charge < -0.3 is 10.2 Å². The molecular weight excluding hydrogens is 228 g/mol. The molecule has 1 atom stereocenters. The van der Waals surface area contributed by atoms with Gasteiger partial charge in [0.2, 0.25) is 11.8 Å². The van der Waals surface area contributed by atoms with Crippen LogP contribution in [0.2, 0.25) is 0 Å². The Hall–Kier alpha value is -1.32. The molecule has 1 heterocycles. The molecule has 1 aliphatic carbocycles. The van der Waals surface area contributed by atoms with Crippen molar-refractivity contribution >= 4 is 11.8 Å². The number of amides is 2. The van der Waals surface area contributed by atoms with Crippen LogP contribution in [0.5, 0.6) is 0 Å². The van der Waals surface area contributed by atoms with Crippen molar-refractivity contribution in [2.45, 2.75) is 57.0 Å². The summed E-state index contributed by atoms with van der Waals surface area (Å²) in [4.78, 5) is 25.7. The summed E-state index contributed by atoms with van der Waals surface area (Å²) in [6.45, 7) is 4.27. The van der Waals surface area contributed by atoms with E-state index in [4.69, 9.17) is 0 Å². The molecule has 2 amide bonds. The van der Waals surface area contributed by atoms with Crippen molar-refractivity contribution in [3.05, 3.63) is 12.7 Å². The zero-order valence-electron chi connectivity index (χ0n) is 10.9. The van der Waals surface area contributed by atoms with Gasteiger partial charge in [-0.15, -0.1) is 0 Å². The average molecular weight is 250 g/mol. The molecule has 1 unspecified atom stereocenters. The van der Waals surface area contributed by atoms with Gasteiger partial charge in [-0.25, -0.2) is 0 Å². The van der Waals surface area contributed by atoms with E-state index in [2.05, 4.69) is 11.9 Å². The number of rotatable bonds is 3. The van der Waals surface area contributed by atoms with E-state index in [0.717, 1.165) is 32.2 Å². The van der Waals surface area contributed by atoms with Gasteiger partial charge in [0.05, 0.1) is 0 Å². The summed E-state index contributed by atoms with van der Waals surface area (Å²) in [6.07, 6.45) is 8.92. The largest absolute Gasteiger partial charge is 0.341 e. The monoisotopic (exact) mass is 250 g/mol. The van der Waals surface area contributed by atoms with E-state index in [0.29, 0.717) is 6.04 Å². The molecule has 1 aliphatic heterocycles. The predicted molar refractivity (Wildman–Crippen MR) is 69.9 cm³/mol. The highest BCUT2D eigenvalue weighted by Gasteiger charge is 2.33. The standard InChI is InChI=1S/C14H22N2O2/c1-2-13(17)15-12-9-6-10-16(14(12)18)11-7-4-3-5-8-11/h2,11-12H,1,3-10H2,(H,15,17). The van der Waals surface area contributed by atoms with Crippen LogP contribution in [0.25, 0.3) is 0 Å². The minimum Gasteiger partial charge on any atom is -0.341 e. The molecule has 0 bridgehead atoms. The molecule has 2 aliphatic rings. The molecule has 2 rings (SSSR count). The molecule has 0 aromatic rings. The van der Waals surface area contributed by atoms with Crippen LogP contribution in [0.4, 0.5) is 0 Å². The zero-order valence-corrected chi connectivity index (χ0v) is 10.9. The lowest BCUT2D eigenvalue weighted by atomic mass is 9.91. The van der Waals surface area contributed by atoms with Gasteiger partial charge >= 0.3 is 0 Å². The van der Waals surface area contributed by atoms with Gasteiger partial charge in [-0.1, -0.05) is 25.8 Å². The lowest BCUT2D eigenvalue weighted by Crippen LogP contribution is -2.55. The molecule has 0 radical (unpaired) electrons. The normalized spacial score (nSPS) is 25.9. The minimum absolute atomic E-state index is 0.100. The predicted octanol–water partition coefficient (Wildman–Crippen LogP) is 1.61. The summed E-state index contributed by atoms with van der Waals surface area (Å²) in [6, 6.07) is 0.0564. The number of nitrogens with zero attached hydrogens (tertiary/aromatic N) is 1. The lowest BCUT2D eigenvalue weighted by molar-refractivity contribution is -0.141. The SMILES string of the molecule is C=CC(=O)NC1CCCN(C2CCCCC2)C1=O. The summed E-state index contributed by atoms with van der Waals surface area (Å²) in [5, 5.41) is 2.74. The second-order valence-corrected chi connectivity index (χ2v) is 5.23. The Balaban J connectivity index is 1.97. The van der Waals surface area contributed by atoms with E-state index in [1.807, 2.05) is 4.90 Å². The Morgan fingerprint density at radius 1 is 1.22 bits per heavy atom. The summed E-state index contributed by atoms with van der Waals surface area (Å²) < 4.78 is 0. The van der Waals surface area contributed by atoms with Crippen LogP contribution in [-0.4, -0.2) is 35.3 Å². The summed E-state index contributed by atoms with van der Waals surface area (Å²) >= 11 is 0. The van der Waals surface area contributed by atoms with Gasteiger partial charge in [-0.2, -0.15) is 0 Å². The molecule has 1 N–H and O–H groups in total. The Morgan fingerprint density at radius 2 is 1.94 bits per heavy atom. The van der Waals surface area contributed by atoms with Crippen molar-refractivity contribution < 1.29 is 9.59 Å². The first-order valence-corrected chi connectivity index (χ1v) is 6.96. The lowest BCUT2D eigenvalue weighted by Gasteiger charge is -2.39. The maximum atomic E-state index is 12.4. The van der Waals surface area contributed by atoms with Crippen LogP contribution < -0.4 is 5.32 Å². The molecule has 4 heteroatoms. The molecule has 4 nitrogen and oxygen atoms in total. The summed E-state index contributed by atoms with van der Waals surface area (Å²) in [5.41, 5.74) is 0. The fourth-order valence-electron chi connectivity index (χ4n) is 3.02. The number of hydrogen-bond donors (Lipinski definition) is 1. The summed E-state index contributed by atoms with van der Waals surface area (Å²) in [7, 11) is 0. The van der Waals surface area contributed by atoms with Crippen molar-refractivity contribution in [1.82, 2.24) is 10.2 Å². The van der Waals surface area contributed by atoms with E-state index in [-0.39, 0.29) is 17.9 Å². The third kappa shape index (κ3) is 2.92. The van der Waals surface area contributed by atoms with E-state index < -0.39 is 0 Å². The Labute approximate surface area is 108 Å². The fraction of sp³-hybridized carbons (Fsp3) is 0.714. The van der Waals surface area contributed by atoms with Gasteiger partial charge in [-0.05, 0) is 31.8 Å². The quantitative estimate of drug-likeness (QED) is 0.774. The molecule has 100 valence electrons. The molecule has 0 aromatic heterocycles. The first-order chi connectivity index (χ1) is 8.72. The fourth-order valence-corrected chi connectivity index (χ4v) is 3.02. The number of piperidine rings is 1. The topological polar surface area (TPSA) is 49.4 Å². The van der Waals surface area contributed by atoms with Crippen LogP contribution in [0, 0.1) is 0 Å². The third-order valence-electron chi connectivity index (χ3n) is 3.99. The highest BCUT2D eigenvalue weighted by molar-refractivity contribution is 5.92. The van der Waals surface area contributed by atoms with Crippen molar-refractivity contribution in [1.29, 1.82) is 0 Å². The second kappa shape index (κ2) is 6.03. The highest BCUT2D eigenvalue weighted by atomic mass is 16.2. The number of nitrogens with one attached hydrogen (secondary N) is 1. The van der Waals surface area contributed by atoms with Crippen LogP contribution in [0.1, 0.15) is 44.9 Å². The first-order valence-electron chi connectivity index (χ1n) is 6.96. The third-order valence-corrected chi connectivity index (χ3v) is 3.99. The summed E-state index contributed by atoms with van der Waals surface area (Å²) in [5.74, 6) is -0.151. The molecule has 18 heavy (non-hydrogen) atoms. The number of carbonyl (C=O) groups excluding carboxylic acids is 2. The van der Waals surface area contributed by atoms with Gasteiger partial charge in [0.25, 0.3) is 0 Å². The van der Waals surface area contributed by atoms with Crippen molar-refractivity contribution in [2.75, 3.05) is 6.54 Å². The maximum absolute atomic E-state index is 12.4. The highest BCUT2D eigenvalue weighted by Crippen LogP contribution is 2.25. The molecule has 2 fully saturated rings. The molecule has 0 aromatic carbocycles. The van der Waals surface area contributed by atoms with Crippen molar-refractivity contribution in [3.8, 4) is 0 Å². The Bertz CT molecular complexity index is 335. The van der Waals surface area contributed by atoms with E-state index in [9.17, 15) is 9.59 Å². The van der Waals surface area contributed by atoms with Crippen molar-refractivity contribution in [3.63, 3.8) is 0 Å². The molecule has 1 saturated heterocycles. The Morgan fingerprint density at radius 3 is 2.61 bits per heavy atom. The van der Waals surface area contributed by atoms with Gasteiger partial charge in [-0.3, -0.25) is 9.59 Å². The van der Waals surface area contributed by atoms with Gasteiger partial charge in [0.15, 0.2) is 0 Å². The second-order valence-electron chi connectivity index (χ2n) is 5.23. The molecule has 0 spiro atoms.